The molecule has 24 heavy (non-hydrogen) atoms. The maximum atomic E-state index is 13.4. The fourth-order valence-electron chi connectivity index (χ4n) is 1.66. The molecule has 0 saturated carbocycles. The summed E-state index contributed by atoms with van der Waals surface area (Å²) in [4.78, 5) is 0. The van der Waals surface area contributed by atoms with Crippen LogP contribution in [-0.4, -0.2) is 11.3 Å². The van der Waals surface area contributed by atoms with Crippen molar-refractivity contribution in [1.29, 1.82) is 0 Å². The van der Waals surface area contributed by atoms with Gasteiger partial charge < -0.3 is 5.32 Å². The maximum absolute atomic E-state index is 13.4. The number of halogens is 5. The van der Waals surface area contributed by atoms with Gasteiger partial charge >= 0.3 is 6.18 Å². The summed E-state index contributed by atoms with van der Waals surface area (Å²) >= 11 is 4.87. The standard InChI is InChI=1S/C15H10F5N3S/c16-11-5-6-13(12(17)7-11)22-14(24)23-21-8-9-1-3-10(4-2-9)15(18,19)20/h1-8H,(H2,22,23,24)/b21-8+. The third kappa shape index (κ3) is 4.98. The number of alkyl halides is 3. The smallest absolute Gasteiger partial charge is 0.329 e. The summed E-state index contributed by atoms with van der Waals surface area (Å²) in [5.41, 5.74) is 1.97. The van der Waals surface area contributed by atoms with Crippen LogP contribution in [0.5, 0.6) is 0 Å². The van der Waals surface area contributed by atoms with E-state index in [-0.39, 0.29) is 10.8 Å². The summed E-state index contributed by atoms with van der Waals surface area (Å²) in [6, 6.07) is 7.24. The molecule has 0 amide bonds. The van der Waals surface area contributed by atoms with E-state index >= 15 is 0 Å². The van der Waals surface area contributed by atoms with E-state index < -0.39 is 23.4 Å². The fourth-order valence-corrected chi connectivity index (χ4v) is 1.83. The summed E-state index contributed by atoms with van der Waals surface area (Å²) in [5, 5.41) is 6.12. The summed E-state index contributed by atoms with van der Waals surface area (Å²) in [5.74, 6) is -1.55. The molecule has 2 rings (SSSR count). The van der Waals surface area contributed by atoms with Crippen molar-refractivity contribution in [3.63, 3.8) is 0 Å². The van der Waals surface area contributed by atoms with E-state index in [2.05, 4.69) is 15.8 Å². The predicted molar refractivity (Wildman–Crippen MR) is 84.8 cm³/mol. The summed E-state index contributed by atoms with van der Waals surface area (Å²) in [6.07, 6.45) is -3.16. The van der Waals surface area contributed by atoms with Crippen LogP contribution in [0.1, 0.15) is 11.1 Å². The van der Waals surface area contributed by atoms with Crippen molar-refractivity contribution >= 4 is 29.2 Å². The Labute approximate surface area is 139 Å². The molecule has 9 heteroatoms. The van der Waals surface area contributed by atoms with Crippen molar-refractivity contribution in [3.05, 3.63) is 65.2 Å². The summed E-state index contributed by atoms with van der Waals surface area (Å²) in [7, 11) is 0. The molecule has 2 aromatic carbocycles. The van der Waals surface area contributed by atoms with Crippen LogP contribution in [0.15, 0.2) is 47.6 Å². The van der Waals surface area contributed by atoms with E-state index in [9.17, 15) is 22.0 Å². The average Bonchev–Trinajstić information content (AvgIpc) is 2.50. The third-order valence-corrected chi connectivity index (χ3v) is 2.99. The van der Waals surface area contributed by atoms with Gasteiger partial charge in [-0.05, 0) is 42.0 Å². The molecule has 2 aromatic rings. The van der Waals surface area contributed by atoms with Crippen LogP contribution in [0.2, 0.25) is 0 Å². The largest absolute Gasteiger partial charge is 0.416 e. The van der Waals surface area contributed by atoms with Gasteiger partial charge in [0.2, 0.25) is 0 Å². The lowest BCUT2D eigenvalue weighted by atomic mass is 10.1. The van der Waals surface area contributed by atoms with Crippen molar-refractivity contribution in [2.75, 3.05) is 5.32 Å². The lowest BCUT2D eigenvalue weighted by molar-refractivity contribution is -0.137. The third-order valence-electron chi connectivity index (χ3n) is 2.80. The first-order valence-corrected chi connectivity index (χ1v) is 6.89. The monoisotopic (exact) mass is 359 g/mol. The van der Waals surface area contributed by atoms with Crippen LogP contribution in [0.25, 0.3) is 0 Å². The lowest BCUT2D eigenvalue weighted by Gasteiger charge is -2.08. The minimum atomic E-state index is -4.40. The second kappa shape index (κ2) is 7.35. The molecule has 0 bridgehead atoms. The Morgan fingerprint density at radius 3 is 2.29 bits per heavy atom. The number of anilines is 1. The molecular weight excluding hydrogens is 349 g/mol. The number of benzene rings is 2. The summed E-state index contributed by atoms with van der Waals surface area (Å²) in [6.45, 7) is 0. The minimum Gasteiger partial charge on any atom is -0.329 e. The first-order chi connectivity index (χ1) is 11.3. The molecular formula is C15H10F5N3S. The van der Waals surface area contributed by atoms with Crippen molar-refractivity contribution in [1.82, 2.24) is 5.43 Å². The van der Waals surface area contributed by atoms with E-state index in [1.165, 1.54) is 18.3 Å². The van der Waals surface area contributed by atoms with Crippen LogP contribution < -0.4 is 10.7 Å². The van der Waals surface area contributed by atoms with Crippen LogP contribution in [-0.2, 0) is 6.18 Å². The maximum Gasteiger partial charge on any atom is 0.416 e. The highest BCUT2D eigenvalue weighted by Crippen LogP contribution is 2.28. The van der Waals surface area contributed by atoms with Crippen LogP contribution >= 0.6 is 12.2 Å². The van der Waals surface area contributed by atoms with Gasteiger partial charge in [-0.3, -0.25) is 5.43 Å². The molecule has 0 heterocycles. The van der Waals surface area contributed by atoms with Crippen molar-refractivity contribution in [2.24, 2.45) is 5.10 Å². The van der Waals surface area contributed by atoms with Gasteiger partial charge in [0, 0.05) is 6.07 Å². The Morgan fingerprint density at radius 2 is 1.71 bits per heavy atom. The topological polar surface area (TPSA) is 36.4 Å². The van der Waals surface area contributed by atoms with E-state index in [1.54, 1.807) is 0 Å². The zero-order chi connectivity index (χ0) is 17.7. The number of thiocarbonyl (C=S) groups is 1. The van der Waals surface area contributed by atoms with Crippen molar-refractivity contribution in [3.8, 4) is 0 Å². The highest BCUT2D eigenvalue weighted by atomic mass is 32.1. The second-order valence-corrected chi connectivity index (χ2v) is 4.98. The molecule has 0 atom stereocenters. The SMILES string of the molecule is Fc1ccc(NC(=S)N/N=C/c2ccc(C(F)(F)F)cc2)c(F)c1. The Morgan fingerprint density at radius 1 is 1.04 bits per heavy atom. The molecule has 0 aliphatic carbocycles. The van der Waals surface area contributed by atoms with Crippen molar-refractivity contribution in [2.45, 2.75) is 6.18 Å². The number of rotatable bonds is 3. The Hall–Kier alpha value is -2.55. The molecule has 3 nitrogen and oxygen atoms in total. The van der Waals surface area contributed by atoms with Gasteiger partial charge in [0.15, 0.2) is 5.11 Å². The zero-order valence-corrected chi connectivity index (χ0v) is 12.7. The number of hydrogen-bond donors (Lipinski definition) is 2. The van der Waals surface area contributed by atoms with Gasteiger partial charge in [0.1, 0.15) is 11.6 Å². The fraction of sp³-hybridized carbons (Fsp3) is 0.0667. The summed E-state index contributed by atoms with van der Waals surface area (Å²) < 4.78 is 63.4. The average molecular weight is 359 g/mol. The molecule has 0 saturated heterocycles. The first kappa shape index (κ1) is 17.8. The Balaban J connectivity index is 1.92. The first-order valence-electron chi connectivity index (χ1n) is 6.48. The molecule has 0 fully saturated rings. The highest BCUT2D eigenvalue weighted by molar-refractivity contribution is 7.80. The zero-order valence-electron chi connectivity index (χ0n) is 11.9. The molecule has 2 N–H and O–H groups in total. The van der Waals surface area contributed by atoms with Gasteiger partial charge in [0.05, 0.1) is 17.5 Å². The number of hydrazone groups is 1. The quantitative estimate of drug-likeness (QED) is 0.371. The molecule has 0 aliphatic rings. The minimum absolute atomic E-state index is 0.0429. The molecule has 0 aromatic heterocycles. The molecule has 0 aliphatic heterocycles. The Bertz CT molecular complexity index is 757. The number of hydrogen-bond acceptors (Lipinski definition) is 2. The molecule has 126 valence electrons. The van der Waals surface area contributed by atoms with Crippen LogP contribution in [0, 0.1) is 11.6 Å². The van der Waals surface area contributed by atoms with Gasteiger partial charge in [0.25, 0.3) is 0 Å². The van der Waals surface area contributed by atoms with Crippen LogP contribution in [0.4, 0.5) is 27.6 Å². The second-order valence-electron chi connectivity index (χ2n) is 4.57. The number of nitrogens with zero attached hydrogens (tertiary/aromatic N) is 1. The molecule has 0 spiro atoms. The van der Waals surface area contributed by atoms with Gasteiger partial charge in [-0.2, -0.15) is 18.3 Å². The normalized spacial score (nSPS) is 11.5. The Kier molecular flexibility index (Phi) is 5.45. The van der Waals surface area contributed by atoms with E-state index in [1.807, 2.05) is 0 Å². The lowest BCUT2D eigenvalue weighted by Crippen LogP contribution is -2.24. The molecule has 0 unspecified atom stereocenters. The predicted octanol–water partition coefficient (Wildman–Crippen LogP) is 4.30. The van der Waals surface area contributed by atoms with Crippen molar-refractivity contribution < 1.29 is 22.0 Å². The van der Waals surface area contributed by atoms with E-state index in [4.69, 9.17) is 12.2 Å². The van der Waals surface area contributed by atoms with E-state index in [0.29, 0.717) is 11.6 Å². The highest BCUT2D eigenvalue weighted by Gasteiger charge is 2.29. The van der Waals surface area contributed by atoms with Gasteiger partial charge in [-0.25, -0.2) is 8.78 Å². The van der Waals surface area contributed by atoms with Gasteiger partial charge in [-0.15, -0.1) is 0 Å². The van der Waals surface area contributed by atoms with E-state index in [0.717, 1.165) is 24.3 Å². The van der Waals surface area contributed by atoms with Crippen LogP contribution in [0.3, 0.4) is 0 Å². The number of nitrogens with one attached hydrogen (secondary N) is 2. The molecule has 0 radical (unpaired) electrons. The van der Waals surface area contributed by atoms with Gasteiger partial charge in [-0.1, -0.05) is 12.1 Å².